The lowest BCUT2D eigenvalue weighted by atomic mass is 10.3. The second kappa shape index (κ2) is 7.65. The highest BCUT2D eigenvalue weighted by molar-refractivity contribution is 6.27. The number of aliphatic hydroxyl groups excluding tert-OH is 1. The number of hydrogen-bond donors (Lipinski definition) is 1. The molecule has 0 aromatic carbocycles. The summed E-state index contributed by atoms with van der Waals surface area (Å²) < 4.78 is 5.76. The largest absolute Gasteiger partial charge is 0.456 e. The molecule has 0 unspecified atom stereocenters. The maximum atomic E-state index is 11.3. The molecule has 0 heterocycles. The molecule has 0 aliphatic rings. The number of esters is 1. The lowest BCUT2D eigenvalue weighted by Crippen LogP contribution is -2.43. The SMILES string of the molecule is CC(=CCl)C(=O)OCC[N+](C)(C)CCCO. The molecular weight excluding hydrogens is 230 g/mol. The van der Waals surface area contributed by atoms with Crippen molar-refractivity contribution in [3.8, 4) is 0 Å². The number of carbonyl (C=O) groups excluding carboxylic acids is 1. The first-order valence-electron chi connectivity index (χ1n) is 5.30. The smallest absolute Gasteiger partial charge is 0.334 e. The van der Waals surface area contributed by atoms with Crippen LogP contribution in [0.4, 0.5) is 0 Å². The van der Waals surface area contributed by atoms with Crippen LogP contribution in [0.15, 0.2) is 11.1 Å². The molecule has 0 radical (unpaired) electrons. The molecule has 0 saturated carbocycles. The Morgan fingerprint density at radius 3 is 2.56 bits per heavy atom. The first-order chi connectivity index (χ1) is 7.43. The standard InChI is InChI=1S/C11H21ClNO3/c1-10(9-12)11(15)16-8-6-13(2,3)5-4-7-14/h9,14H,4-8H2,1-3H3/q+1. The molecule has 0 aliphatic heterocycles. The van der Waals surface area contributed by atoms with Gasteiger partial charge in [-0.05, 0) is 6.92 Å². The third-order valence-electron chi connectivity index (χ3n) is 2.34. The van der Waals surface area contributed by atoms with E-state index in [4.69, 9.17) is 21.4 Å². The number of carbonyl (C=O) groups is 1. The van der Waals surface area contributed by atoms with Crippen LogP contribution in [0.2, 0.25) is 0 Å². The average Bonchev–Trinajstić information content (AvgIpc) is 2.24. The van der Waals surface area contributed by atoms with Crippen LogP contribution >= 0.6 is 11.6 Å². The van der Waals surface area contributed by atoms with Gasteiger partial charge >= 0.3 is 5.97 Å². The van der Waals surface area contributed by atoms with Gasteiger partial charge in [0.15, 0.2) is 0 Å². The van der Waals surface area contributed by atoms with Crippen molar-refractivity contribution in [3.63, 3.8) is 0 Å². The molecule has 0 fully saturated rings. The first-order valence-corrected chi connectivity index (χ1v) is 5.73. The summed E-state index contributed by atoms with van der Waals surface area (Å²) >= 11 is 5.39. The number of nitrogens with zero attached hydrogens (tertiary/aromatic N) is 1. The van der Waals surface area contributed by atoms with Crippen molar-refractivity contribution in [2.24, 2.45) is 0 Å². The van der Waals surface area contributed by atoms with Gasteiger partial charge in [0.05, 0.1) is 20.6 Å². The fraction of sp³-hybridized carbons (Fsp3) is 0.727. The predicted octanol–water partition coefficient (Wildman–Crippen LogP) is 1.13. The third-order valence-corrected chi connectivity index (χ3v) is 2.66. The van der Waals surface area contributed by atoms with E-state index >= 15 is 0 Å². The molecule has 4 nitrogen and oxygen atoms in total. The number of quaternary nitrogens is 1. The summed E-state index contributed by atoms with van der Waals surface area (Å²) in [6, 6.07) is 0. The number of aliphatic hydroxyl groups is 1. The van der Waals surface area contributed by atoms with Crippen molar-refractivity contribution < 1.29 is 19.1 Å². The highest BCUT2D eigenvalue weighted by atomic mass is 35.5. The van der Waals surface area contributed by atoms with Crippen LogP contribution in [0.1, 0.15) is 13.3 Å². The molecule has 1 N–H and O–H groups in total. The van der Waals surface area contributed by atoms with Gasteiger partial charge in [0.2, 0.25) is 0 Å². The third kappa shape index (κ3) is 6.82. The molecule has 16 heavy (non-hydrogen) atoms. The Hall–Kier alpha value is -0.580. The monoisotopic (exact) mass is 250 g/mol. The van der Waals surface area contributed by atoms with Crippen LogP contribution < -0.4 is 0 Å². The quantitative estimate of drug-likeness (QED) is 0.419. The van der Waals surface area contributed by atoms with E-state index in [2.05, 4.69) is 0 Å². The van der Waals surface area contributed by atoms with Gasteiger partial charge < -0.3 is 14.3 Å². The molecular formula is C11H21ClNO3+. The van der Waals surface area contributed by atoms with Crippen molar-refractivity contribution in [2.75, 3.05) is 40.4 Å². The van der Waals surface area contributed by atoms with E-state index in [1.54, 1.807) is 6.92 Å². The fourth-order valence-electron chi connectivity index (χ4n) is 1.15. The summed E-state index contributed by atoms with van der Waals surface area (Å²) in [6.45, 7) is 3.75. The number of halogens is 1. The number of hydrogen-bond acceptors (Lipinski definition) is 3. The van der Waals surface area contributed by atoms with E-state index in [1.807, 2.05) is 14.1 Å². The molecule has 94 valence electrons. The Kier molecular flexibility index (Phi) is 7.38. The van der Waals surface area contributed by atoms with Gasteiger partial charge in [0.25, 0.3) is 0 Å². The summed E-state index contributed by atoms with van der Waals surface area (Å²) in [4.78, 5) is 11.3. The van der Waals surface area contributed by atoms with E-state index in [9.17, 15) is 4.79 Å². The van der Waals surface area contributed by atoms with E-state index in [1.165, 1.54) is 5.54 Å². The predicted molar refractivity (Wildman–Crippen MR) is 64.1 cm³/mol. The molecule has 0 atom stereocenters. The van der Waals surface area contributed by atoms with Crippen molar-refractivity contribution in [1.82, 2.24) is 0 Å². The summed E-state index contributed by atoms with van der Waals surface area (Å²) in [5.74, 6) is -0.378. The van der Waals surface area contributed by atoms with E-state index in [0.717, 1.165) is 24.0 Å². The summed E-state index contributed by atoms with van der Waals surface area (Å²) in [5, 5.41) is 8.73. The van der Waals surface area contributed by atoms with Crippen LogP contribution in [-0.2, 0) is 9.53 Å². The first kappa shape index (κ1) is 15.4. The Morgan fingerprint density at radius 2 is 2.06 bits per heavy atom. The van der Waals surface area contributed by atoms with Gasteiger partial charge in [-0.3, -0.25) is 0 Å². The molecule has 0 saturated heterocycles. The fourth-order valence-corrected chi connectivity index (χ4v) is 1.24. The Morgan fingerprint density at radius 1 is 1.44 bits per heavy atom. The molecule has 0 aromatic rings. The number of likely N-dealkylation sites (N-methyl/N-ethyl adjacent to an activating group) is 1. The maximum absolute atomic E-state index is 11.3. The highest BCUT2D eigenvalue weighted by Gasteiger charge is 2.15. The van der Waals surface area contributed by atoms with Gasteiger partial charge in [0, 0.05) is 24.1 Å². The topological polar surface area (TPSA) is 46.5 Å². The zero-order valence-electron chi connectivity index (χ0n) is 10.2. The minimum atomic E-state index is -0.378. The van der Waals surface area contributed by atoms with Crippen LogP contribution in [0.3, 0.4) is 0 Å². The average molecular weight is 251 g/mol. The van der Waals surface area contributed by atoms with Crippen molar-refractivity contribution in [1.29, 1.82) is 0 Å². The zero-order chi connectivity index (χ0) is 12.6. The molecule has 0 bridgehead atoms. The van der Waals surface area contributed by atoms with Gasteiger partial charge in [-0.15, -0.1) is 0 Å². The minimum absolute atomic E-state index is 0.190. The molecule has 5 heteroatoms. The van der Waals surface area contributed by atoms with Crippen LogP contribution in [0, 0.1) is 0 Å². The van der Waals surface area contributed by atoms with Gasteiger partial charge in [-0.2, -0.15) is 0 Å². The van der Waals surface area contributed by atoms with Crippen LogP contribution in [0.25, 0.3) is 0 Å². The Labute approximate surface area is 102 Å². The second-order valence-corrected chi connectivity index (χ2v) is 4.61. The number of rotatable bonds is 7. The molecule has 0 rings (SSSR count). The lowest BCUT2D eigenvalue weighted by Gasteiger charge is -2.29. The molecule has 0 spiro atoms. The van der Waals surface area contributed by atoms with Crippen molar-refractivity contribution in [3.05, 3.63) is 11.1 Å². The minimum Gasteiger partial charge on any atom is -0.456 e. The molecule has 0 amide bonds. The van der Waals surface area contributed by atoms with Crippen LogP contribution in [-0.4, -0.2) is 56.0 Å². The van der Waals surface area contributed by atoms with Gasteiger partial charge in [-0.1, -0.05) is 11.6 Å². The summed E-state index contributed by atoms with van der Waals surface area (Å²) in [5.41, 5.74) is 1.62. The summed E-state index contributed by atoms with van der Waals surface area (Å²) in [6.07, 6.45) is 0.752. The molecule has 0 aliphatic carbocycles. The van der Waals surface area contributed by atoms with Crippen molar-refractivity contribution in [2.45, 2.75) is 13.3 Å². The van der Waals surface area contributed by atoms with Crippen LogP contribution in [0.5, 0.6) is 0 Å². The lowest BCUT2D eigenvalue weighted by molar-refractivity contribution is -0.890. The Balaban J connectivity index is 3.84. The van der Waals surface area contributed by atoms with Gasteiger partial charge in [0.1, 0.15) is 13.2 Å². The number of ether oxygens (including phenoxy) is 1. The van der Waals surface area contributed by atoms with E-state index in [-0.39, 0.29) is 12.6 Å². The van der Waals surface area contributed by atoms with E-state index in [0.29, 0.717) is 12.2 Å². The highest BCUT2D eigenvalue weighted by Crippen LogP contribution is 2.02. The van der Waals surface area contributed by atoms with Gasteiger partial charge in [-0.25, -0.2) is 4.79 Å². The maximum Gasteiger partial charge on any atom is 0.334 e. The molecule has 0 aromatic heterocycles. The Bertz CT molecular complexity index is 252. The summed E-state index contributed by atoms with van der Waals surface area (Å²) in [7, 11) is 4.07. The second-order valence-electron chi connectivity index (χ2n) is 4.39. The zero-order valence-corrected chi connectivity index (χ0v) is 11.0. The van der Waals surface area contributed by atoms with Crippen molar-refractivity contribution >= 4 is 17.6 Å². The normalized spacial score (nSPS) is 12.7. The van der Waals surface area contributed by atoms with E-state index < -0.39 is 0 Å².